The van der Waals surface area contributed by atoms with Crippen LogP contribution in [0.2, 0.25) is 0 Å². The average molecular weight is 322 g/mol. The third-order valence-electron chi connectivity index (χ3n) is 4.63. The van der Waals surface area contributed by atoms with Gasteiger partial charge in [0.05, 0.1) is 6.54 Å². The van der Waals surface area contributed by atoms with E-state index in [0.717, 1.165) is 35.8 Å². The molecule has 2 aliphatic rings. The van der Waals surface area contributed by atoms with E-state index >= 15 is 0 Å². The lowest BCUT2D eigenvalue weighted by Crippen LogP contribution is -2.42. The van der Waals surface area contributed by atoms with Gasteiger partial charge in [-0.25, -0.2) is 0 Å². The lowest BCUT2D eigenvalue weighted by molar-refractivity contribution is 0.504. The Morgan fingerprint density at radius 1 is 1.36 bits per heavy atom. The Morgan fingerprint density at radius 2 is 2.27 bits per heavy atom. The molecule has 1 fully saturated rings. The molecule has 0 aromatic carbocycles. The second kappa shape index (κ2) is 7.35. The minimum Gasteiger partial charge on any atom is -0.354 e. The van der Waals surface area contributed by atoms with Crippen molar-refractivity contribution in [1.29, 1.82) is 0 Å². The van der Waals surface area contributed by atoms with Crippen molar-refractivity contribution in [2.24, 2.45) is 4.99 Å². The van der Waals surface area contributed by atoms with Gasteiger partial charge < -0.3 is 15.2 Å². The molecule has 3 rings (SSSR count). The summed E-state index contributed by atoms with van der Waals surface area (Å²) in [5.74, 6) is 3.02. The van der Waals surface area contributed by atoms with E-state index in [-0.39, 0.29) is 0 Å². The Hall–Kier alpha value is -1.24. The number of aryl methyl sites for hydroxylation is 1. The molecule has 0 radical (unpaired) electrons. The van der Waals surface area contributed by atoms with E-state index in [1.165, 1.54) is 32.1 Å². The quantitative estimate of drug-likeness (QED) is 0.650. The van der Waals surface area contributed by atoms with Gasteiger partial charge in [-0.3, -0.25) is 4.99 Å². The maximum atomic E-state index is 4.34. The van der Waals surface area contributed by atoms with Gasteiger partial charge in [0.15, 0.2) is 11.8 Å². The molecule has 0 spiro atoms. The van der Waals surface area contributed by atoms with Crippen LogP contribution in [0, 0.1) is 0 Å². The van der Waals surface area contributed by atoms with E-state index in [1.807, 2.05) is 18.8 Å². The van der Waals surface area contributed by atoms with E-state index in [9.17, 15) is 0 Å². The van der Waals surface area contributed by atoms with Crippen molar-refractivity contribution < 1.29 is 0 Å². The average Bonchev–Trinajstić information content (AvgIpc) is 3.18. The molecule has 1 aromatic heterocycles. The zero-order valence-electron chi connectivity index (χ0n) is 13.5. The zero-order chi connectivity index (χ0) is 15.4. The molecular weight excluding hydrogens is 296 g/mol. The summed E-state index contributed by atoms with van der Waals surface area (Å²) in [6, 6.07) is 0.538. The molecule has 2 heterocycles. The lowest BCUT2D eigenvalue weighted by Gasteiger charge is -2.18. The summed E-state index contributed by atoms with van der Waals surface area (Å²) >= 11 is 1.98. The number of fused-ring (bicyclic) bond motifs is 1. The van der Waals surface area contributed by atoms with Gasteiger partial charge in [0.25, 0.3) is 0 Å². The summed E-state index contributed by atoms with van der Waals surface area (Å²) in [6.07, 6.45) is 9.46. The number of aromatic nitrogens is 3. The van der Waals surface area contributed by atoms with Gasteiger partial charge in [-0.2, -0.15) is 11.8 Å². The van der Waals surface area contributed by atoms with Crippen LogP contribution < -0.4 is 10.6 Å². The summed E-state index contributed by atoms with van der Waals surface area (Å²) in [7, 11) is 1.83. The molecule has 7 heteroatoms. The van der Waals surface area contributed by atoms with E-state index in [0.29, 0.717) is 12.6 Å². The normalized spacial score (nSPS) is 25.1. The molecule has 22 heavy (non-hydrogen) atoms. The maximum Gasteiger partial charge on any atom is 0.191 e. The molecule has 1 aromatic rings. The van der Waals surface area contributed by atoms with Crippen molar-refractivity contribution in [3.8, 4) is 0 Å². The van der Waals surface area contributed by atoms with Gasteiger partial charge in [0.1, 0.15) is 5.82 Å². The molecule has 1 aliphatic carbocycles. The third-order valence-corrected chi connectivity index (χ3v) is 5.73. The second-order valence-electron chi connectivity index (χ2n) is 6.08. The molecule has 122 valence electrons. The minimum absolute atomic E-state index is 0.538. The highest BCUT2D eigenvalue weighted by atomic mass is 32.2. The van der Waals surface area contributed by atoms with E-state index in [4.69, 9.17) is 0 Å². The highest BCUT2D eigenvalue weighted by Crippen LogP contribution is 2.28. The van der Waals surface area contributed by atoms with E-state index < -0.39 is 0 Å². The number of thioether (sulfide) groups is 1. The van der Waals surface area contributed by atoms with Crippen LogP contribution in [0.4, 0.5) is 0 Å². The fourth-order valence-electron chi connectivity index (χ4n) is 3.34. The number of rotatable bonds is 4. The second-order valence-corrected chi connectivity index (χ2v) is 7.22. The number of hydrogen-bond donors (Lipinski definition) is 2. The summed E-state index contributed by atoms with van der Waals surface area (Å²) < 4.78 is 2.25. The zero-order valence-corrected chi connectivity index (χ0v) is 14.3. The number of guanidine groups is 1. The van der Waals surface area contributed by atoms with Crippen LogP contribution in [0.25, 0.3) is 0 Å². The first-order valence-corrected chi connectivity index (χ1v) is 9.50. The summed E-state index contributed by atoms with van der Waals surface area (Å²) in [5.41, 5.74) is 0. The molecule has 0 amide bonds. The van der Waals surface area contributed by atoms with Crippen molar-refractivity contribution in [3.63, 3.8) is 0 Å². The Labute approximate surface area is 136 Å². The predicted octanol–water partition coefficient (Wildman–Crippen LogP) is 1.56. The molecule has 2 atom stereocenters. The summed E-state index contributed by atoms with van der Waals surface area (Å²) in [5, 5.41) is 16.3. The SMILES string of the molecule is CN=C(NCc1nnc2n1CCCC2)NC1CCC(SC)C1. The summed E-state index contributed by atoms with van der Waals surface area (Å²) in [6.45, 7) is 1.73. The van der Waals surface area contributed by atoms with Crippen LogP contribution in [0.5, 0.6) is 0 Å². The van der Waals surface area contributed by atoms with E-state index in [1.54, 1.807) is 0 Å². The smallest absolute Gasteiger partial charge is 0.191 e. The van der Waals surface area contributed by atoms with Crippen LogP contribution in [0.3, 0.4) is 0 Å². The van der Waals surface area contributed by atoms with Gasteiger partial charge in [0, 0.05) is 31.3 Å². The van der Waals surface area contributed by atoms with Crippen molar-refractivity contribution in [2.45, 2.75) is 62.9 Å². The van der Waals surface area contributed by atoms with Gasteiger partial charge in [-0.15, -0.1) is 10.2 Å². The van der Waals surface area contributed by atoms with Crippen LogP contribution >= 0.6 is 11.8 Å². The Bertz CT molecular complexity index is 526. The predicted molar refractivity (Wildman–Crippen MR) is 91.2 cm³/mol. The highest BCUT2D eigenvalue weighted by Gasteiger charge is 2.24. The molecule has 2 unspecified atom stereocenters. The van der Waals surface area contributed by atoms with Gasteiger partial charge in [0.2, 0.25) is 0 Å². The topological polar surface area (TPSA) is 67.1 Å². The van der Waals surface area contributed by atoms with Crippen LogP contribution in [-0.2, 0) is 19.5 Å². The van der Waals surface area contributed by atoms with Crippen molar-refractivity contribution in [1.82, 2.24) is 25.4 Å². The molecule has 6 nitrogen and oxygen atoms in total. The van der Waals surface area contributed by atoms with Crippen molar-refractivity contribution >= 4 is 17.7 Å². The standard InChI is InChI=1S/C15H26N6S/c1-16-15(18-11-6-7-12(9-11)22-2)17-10-14-20-19-13-5-3-4-8-21(13)14/h11-12H,3-10H2,1-2H3,(H2,16,17,18). The fourth-order valence-corrected chi connectivity index (χ4v) is 4.13. The maximum absolute atomic E-state index is 4.34. The van der Waals surface area contributed by atoms with Crippen LogP contribution in [-0.4, -0.2) is 45.3 Å². The number of nitrogens with zero attached hydrogens (tertiary/aromatic N) is 4. The summed E-state index contributed by atoms with van der Waals surface area (Å²) in [4.78, 5) is 4.34. The minimum atomic E-state index is 0.538. The molecular formula is C15H26N6S. The van der Waals surface area contributed by atoms with Gasteiger partial charge in [-0.05, 0) is 38.4 Å². The number of nitrogens with one attached hydrogen (secondary N) is 2. The number of aliphatic imine (C=N–C) groups is 1. The first-order chi connectivity index (χ1) is 10.8. The molecule has 1 saturated carbocycles. The molecule has 1 aliphatic heterocycles. The fraction of sp³-hybridized carbons (Fsp3) is 0.800. The number of hydrogen-bond acceptors (Lipinski definition) is 4. The Kier molecular flexibility index (Phi) is 5.23. The van der Waals surface area contributed by atoms with E-state index in [2.05, 4.69) is 36.6 Å². The Balaban J connectivity index is 1.52. The van der Waals surface area contributed by atoms with Crippen LogP contribution in [0.1, 0.15) is 43.8 Å². The van der Waals surface area contributed by atoms with Crippen LogP contribution in [0.15, 0.2) is 4.99 Å². The highest BCUT2D eigenvalue weighted by molar-refractivity contribution is 7.99. The first-order valence-electron chi connectivity index (χ1n) is 8.21. The molecule has 0 saturated heterocycles. The third kappa shape index (κ3) is 3.56. The Morgan fingerprint density at radius 3 is 3.05 bits per heavy atom. The molecule has 0 bridgehead atoms. The van der Waals surface area contributed by atoms with Crippen molar-refractivity contribution in [2.75, 3.05) is 13.3 Å². The lowest BCUT2D eigenvalue weighted by atomic mass is 10.2. The monoisotopic (exact) mass is 322 g/mol. The van der Waals surface area contributed by atoms with Gasteiger partial charge >= 0.3 is 0 Å². The molecule has 2 N–H and O–H groups in total. The van der Waals surface area contributed by atoms with Crippen molar-refractivity contribution in [3.05, 3.63) is 11.6 Å². The first kappa shape index (κ1) is 15.6. The largest absolute Gasteiger partial charge is 0.354 e. The van der Waals surface area contributed by atoms with Gasteiger partial charge in [-0.1, -0.05) is 0 Å².